The van der Waals surface area contributed by atoms with Crippen molar-refractivity contribution in [3.05, 3.63) is 137 Å². The molecular weight excluding hydrogens is 382 g/mol. The van der Waals surface area contributed by atoms with E-state index in [0.717, 1.165) is 22.3 Å². The number of carbonyl (C=O) groups is 1. The fourth-order valence-corrected chi connectivity index (χ4v) is 3.62. The summed E-state index contributed by atoms with van der Waals surface area (Å²) in [7, 11) is 0. The maximum atomic E-state index is 13.4. The molecule has 1 amide bonds. The minimum absolute atomic E-state index is 0.166. The Morgan fingerprint density at radius 2 is 1.39 bits per heavy atom. The van der Waals surface area contributed by atoms with Crippen molar-refractivity contribution in [1.82, 2.24) is 5.32 Å². The number of para-hydroxylation sites is 1. The summed E-state index contributed by atoms with van der Waals surface area (Å²) in [4.78, 5) is 13.4. The zero-order valence-electron chi connectivity index (χ0n) is 17.5. The van der Waals surface area contributed by atoms with Crippen LogP contribution in [0.2, 0.25) is 0 Å². The van der Waals surface area contributed by atoms with Crippen molar-refractivity contribution in [3.8, 4) is 5.75 Å². The first-order valence-corrected chi connectivity index (χ1v) is 10.4. The number of rotatable bonds is 7. The summed E-state index contributed by atoms with van der Waals surface area (Å²) in [5.41, 5.74) is 4.82. The number of carbonyl (C=O) groups excluding carboxylic acids is 1. The van der Waals surface area contributed by atoms with Gasteiger partial charge in [-0.3, -0.25) is 4.79 Å². The van der Waals surface area contributed by atoms with Gasteiger partial charge in [-0.05, 0) is 41.3 Å². The van der Waals surface area contributed by atoms with Gasteiger partial charge in [-0.2, -0.15) is 0 Å². The maximum absolute atomic E-state index is 13.4. The van der Waals surface area contributed by atoms with Crippen molar-refractivity contribution in [1.29, 1.82) is 0 Å². The molecule has 31 heavy (non-hydrogen) atoms. The number of ether oxygens (including phenoxy) is 1. The molecule has 3 heteroatoms. The largest absolute Gasteiger partial charge is 0.488 e. The van der Waals surface area contributed by atoms with Gasteiger partial charge in [0, 0.05) is 0 Å². The molecule has 0 aliphatic carbocycles. The van der Waals surface area contributed by atoms with Gasteiger partial charge in [0.15, 0.2) is 0 Å². The van der Waals surface area contributed by atoms with Crippen LogP contribution in [-0.2, 0) is 6.61 Å². The predicted molar refractivity (Wildman–Crippen MR) is 124 cm³/mol. The van der Waals surface area contributed by atoms with Crippen molar-refractivity contribution in [2.45, 2.75) is 19.6 Å². The minimum atomic E-state index is -0.253. The highest BCUT2D eigenvalue weighted by molar-refractivity contribution is 5.97. The summed E-state index contributed by atoms with van der Waals surface area (Å²) < 4.78 is 6.00. The molecule has 4 aromatic rings. The third-order valence-electron chi connectivity index (χ3n) is 5.28. The number of nitrogens with one attached hydrogen (secondary N) is 1. The number of amides is 1. The van der Waals surface area contributed by atoms with Gasteiger partial charge < -0.3 is 10.1 Å². The second-order valence-electron chi connectivity index (χ2n) is 7.44. The number of benzene rings is 4. The van der Waals surface area contributed by atoms with E-state index < -0.39 is 0 Å². The third kappa shape index (κ3) is 5.01. The van der Waals surface area contributed by atoms with Crippen molar-refractivity contribution in [2.75, 3.05) is 0 Å². The van der Waals surface area contributed by atoms with Crippen LogP contribution in [-0.4, -0.2) is 5.91 Å². The molecule has 0 fully saturated rings. The molecule has 0 saturated carbocycles. The SMILES string of the molecule is Cc1ccccc1[C@H](NC(=O)c1ccccc1OCc1ccccc1)c1ccccc1. The molecule has 3 nitrogen and oxygen atoms in total. The molecule has 0 aliphatic rings. The Bertz CT molecular complexity index is 1140. The maximum Gasteiger partial charge on any atom is 0.255 e. The van der Waals surface area contributed by atoms with Crippen molar-refractivity contribution >= 4 is 5.91 Å². The predicted octanol–water partition coefficient (Wildman–Crippen LogP) is 6.09. The second kappa shape index (κ2) is 9.77. The van der Waals surface area contributed by atoms with Crippen LogP contribution in [0, 0.1) is 6.92 Å². The van der Waals surface area contributed by atoms with Crippen LogP contribution in [0.5, 0.6) is 5.75 Å². The van der Waals surface area contributed by atoms with Gasteiger partial charge in [0.2, 0.25) is 0 Å². The zero-order chi connectivity index (χ0) is 21.5. The van der Waals surface area contributed by atoms with Crippen molar-refractivity contribution < 1.29 is 9.53 Å². The van der Waals surface area contributed by atoms with Crippen molar-refractivity contribution in [2.24, 2.45) is 0 Å². The molecule has 1 N–H and O–H groups in total. The lowest BCUT2D eigenvalue weighted by atomic mass is 9.94. The highest BCUT2D eigenvalue weighted by Gasteiger charge is 2.21. The summed E-state index contributed by atoms with van der Waals surface area (Å²) in [6.45, 7) is 2.47. The number of hydrogen-bond donors (Lipinski definition) is 1. The first-order valence-electron chi connectivity index (χ1n) is 10.4. The second-order valence-corrected chi connectivity index (χ2v) is 7.44. The molecule has 0 saturated heterocycles. The topological polar surface area (TPSA) is 38.3 Å². The lowest BCUT2D eigenvalue weighted by Gasteiger charge is -2.22. The van der Waals surface area contributed by atoms with E-state index in [4.69, 9.17) is 4.74 Å². The fraction of sp³-hybridized carbons (Fsp3) is 0.107. The molecule has 154 valence electrons. The molecule has 1 atom stereocenters. The van der Waals surface area contributed by atoms with E-state index in [2.05, 4.69) is 24.4 Å². The molecular formula is C28H25NO2. The van der Waals surface area contributed by atoms with Gasteiger partial charge in [-0.1, -0.05) is 97.1 Å². The molecule has 4 rings (SSSR count). The standard InChI is InChI=1S/C28H25NO2/c1-21-12-8-9-17-24(21)27(23-15-6-3-7-16-23)29-28(30)25-18-10-11-19-26(25)31-20-22-13-4-2-5-14-22/h2-19,27H,20H2,1H3,(H,29,30)/t27-/m1/s1. The van der Waals surface area contributed by atoms with E-state index in [-0.39, 0.29) is 11.9 Å². The molecule has 0 spiro atoms. The van der Waals surface area contributed by atoms with Crippen LogP contribution < -0.4 is 10.1 Å². The molecule has 0 aromatic heterocycles. The molecule has 0 unspecified atom stereocenters. The molecule has 0 radical (unpaired) electrons. The monoisotopic (exact) mass is 407 g/mol. The Morgan fingerprint density at radius 3 is 2.13 bits per heavy atom. The van der Waals surface area contributed by atoms with Crippen LogP contribution >= 0.6 is 0 Å². The Kier molecular flexibility index (Phi) is 6.44. The van der Waals surface area contributed by atoms with Crippen LogP contribution in [0.3, 0.4) is 0 Å². The number of hydrogen-bond acceptors (Lipinski definition) is 2. The highest BCUT2D eigenvalue weighted by atomic mass is 16.5. The quantitative estimate of drug-likeness (QED) is 0.402. The lowest BCUT2D eigenvalue weighted by Crippen LogP contribution is -2.30. The van der Waals surface area contributed by atoms with E-state index in [9.17, 15) is 4.79 Å². The van der Waals surface area contributed by atoms with E-state index in [1.807, 2.05) is 91.0 Å². The summed E-state index contributed by atoms with van der Waals surface area (Å²) in [5, 5.41) is 3.23. The average Bonchev–Trinajstić information content (AvgIpc) is 2.83. The van der Waals surface area contributed by atoms with Gasteiger partial charge in [-0.15, -0.1) is 0 Å². The normalized spacial score (nSPS) is 11.5. The van der Waals surface area contributed by atoms with Crippen LogP contribution in [0.15, 0.2) is 109 Å². The average molecular weight is 408 g/mol. The van der Waals surface area contributed by atoms with Crippen LogP contribution in [0.25, 0.3) is 0 Å². The fourth-order valence-electron chi connectivity index (χ4n) is 3.62. The lowest BCUT2D eigenvalue weighted by molar-refractivity contribution is 0.0938. The van der Waals surface area contributed by atoms with Gasteiger partial charge in [0.05, 0.1) is 11.6 Å². The van der Waals surface area contributed by atoms with E-state index >= 15 is 0 Å². The molecule has 0 aliphatic heterocycles. The van der Waals surface area contributed by atoms with E-state index in [1.54, 1.807) is 6.07 Å². The van der Waals surface area contributed by atoms with Crippen LogP contribution in [0.4, 0.5) is 0 Å². The third-order valence-corrected chi connectivity index (χ3v) is 5.28. The van der Waals surface area contributed by atoms with Gasteiger partial charge in [0.1, 0.15) is 12.4 Å². The summed E-state index contributed by atoms with van der Waals surface area (Å²) >= 11 is 0. The highest BCUT2D eigenvalue weighted by Crippen LogP contribution is 2.27. The molecule has 0 bridgehead atoms. The number of aryl methyl sites for hydroxylation is 1. The van der Waals surface area contributed by atoms with Crippen LogP contribution in [0.1, 0.15) is 38.7 Å². The minimum Gasteiger partial charge on any atom is -0.488 e. The smallest absolute Gasteiger partial charge is 0.255 e. The van der Waals surface area contributed by atoms with Gasteiger partial charge >= 0.3 is 0 Å². The van der Waals surface area contributed by atoms with Gasteiger partial charge in [0.25, 0.3) is 5.91 Å². The first kappa shape index (κ1) is 20.4. The van der Waals surface area contributed by atoms with E-state index in [1.165, 1.54) is 0 Å². The summed E-state index contributed by atoms with van der Waals surface area (Å²) in [6, 6.07) is 35.2. The Hall–Kier alpha value is -3.85. The molecule has 4 aromatic carbocycles. The summed E-state index contributed by atoms with van der Waals surface area (Å²) in [5.74, 6) is 0.404. The summed E-state index contributed by atoms with van der Waals surface area (Å²) in [6.07, 6.45) is 0. The Morgan fingerprint density at radius 1 is 0.774 bits per heavy atom. The zero-order valence-corrected chi connectivity index (χ0v) is 17.5. The van der Waals surface area contributed by atoms with Crippen molar-refractivity contribution in [3.63, 3.8) is 0 Å². The van der Waals surface area contributed by atoms with Gasteiger partial charge in [-0.25, -0.2) is 0 Å². The Labute approximate surface area is 183 Å². The first-order chi connectivity index (χ1) is 15.2. The van der Waals surface area contributed by atoms with E-state index in [0.29, 0.717) is 17.9 Å². The Balaban J connectivity index is 1.60. The molecule has 0 heterocycles.